The van der Waals surface area contributed by atoms with Crippen LogP contribution in [0.25, 0.3) is 0 Å². The molecule has 1 amide bonds. The van der Waals surface area contributed by atoms with E-state index in [0.717, 1.165) is 0 Å². The molecular weight excluding hydrogens is 211 g/mol. The van der Waals surface area contributed by atoms with Crippen molar-refractivity contribution in [3.05, 3.63) is 0 Å². The third-order valence-corrected chi connectivity index (χ3v) is 2.16. The molecule has 0 aromatic heterocycles. The van der Waals surface area contributed by atoms with Crippen LogP contribution in [-0.2, 0) is 9.53 Å². The Morgan fingerprint density at radius 2 is 2.20 bits per heavy atom. The second-order valence-electron chi connectivity index (χ2n) is 3.67. The standard InChI is InChI=1S/C9H14F3NO2/c1-7-6-13(3-2-4-15-7)8(14)5-9(10,11)12/h7H,2-6H2,1H3. The summed E-state index contributed by atoms with van der Waals surface area (Å²) in [5.41, 5.74) is 0. The summed E-state index contributed by atoms with van der Waals surface area (Å²) in [5, 5.41) is 0. The summed E-state index contributed by atoms with van der Waals surface area (Å²) in [7, 11) is 0. The fraction of sp³-hybridized carbons (Fsp3) is 0.889. The molecule has 88 valence electrons. The van der Waals surface area contributed by atoms with Gasteiger partial charge in [-0.05, 0) is 13.3 Å². The summed E-state index contributed by atoms with van der Waals surface area (Å²) >= 11 is 0. The molecule has 1 aliphatic heterocycles. The number of amides is 1. The normalized spacial score (nSPS) is 23.7. The van der Waals surface area contributed by atoms with Crippen molar-refractivity contribution in [2.24, 2.45) is 0 Å². The van der Waals surface area contributed by atoms with Crippen molar-refractivity contribution >= 4 is 5.91 Å². The lowest BCUT2D eigenvalue weighted by Gasteiger charge is -2.22. The number of hydrogen-bond acceptors (Lipinski definition) is 2. The molecule has 0 spiro atoms. The third kappa shape index (κ3) is 4.51. The zero-order valence-electron chi connectivity index (χ0n) is 8.51. The minimum absolute atomic E-state index is 0.190. The highest BCUT2D eigenvalue weighted by atomic mass is 19.4. The van der Waals surface area contributed by atoms with Gasteiger partial charge in [-0.25, -0.2) is 0 Å². The maximum absolute atomic E-state index is 12.0. The fourth-order valence-corrected chi connectivity index (χ4v) is 1.50. The third-order valence-electron chi connectivity index (χ3n) is 2.16. The van der Waals surface area contributed by atoms with Gasteiger partial charge < -0.3 is 9.64 Å². The molecule has 0 N–H and O–H groups in total. The first-order chi connectivity index (χ1) is 6.88. The lowest BCUT2D eigenvalue weighted by molar-refractivity contribution is -0.161. The van der Waals surface area contributed by atoms with Crippen LogP contribution in [0.2, 0.25) is 0 Å². The molecule has 0 saturated carbocycles. The van der Waals surface area contributed by atoms with Gasteiger partial charge in [-0.3, -0.25) is 4.79 Å². The van der Waals surface area contributed by atoms with Crippen LogP contribution in [0.5, 0.6) is 0 Å². The van der Waals surface area contributed by atoms with Gasteiger partial charge in [0.25, 0.3) is 0 Å². The van der Waals surface area contributed by atoms with Crippen molar-refractivity contribution in [2.75, 3.05) is 19.7 Å². The minimum atomic E-state index is -4.42. The second-order valence-corrected chi connectivity index (χ2v) is 3.67. The van der Waals surface area contributed by atoms with Crippen LogP contribution in [0.15, 0.2) is 0 Å². The molecule has 6 heteroatoms. The van der Waals surface area contributed by atoms with Gasteiger partial charge >= 0.3 is 6.18 Å². The summed E-state index contributed by atoms with van der Waals surface area (Å²) in [5.74, 6) is -0.861. The number of carbonyl (C=O) groups excluding carboxylic acids is 1. The summed E-state index contributed by atoms with van der Waals surface area (Å²) in [6.45, 7) is 2.84. The Bertz CT molecular complexity index is 230. The van der Waals surface area contributed by atoms with Gasteiger partial charge in [0.2, 0.25) is 5.91 Å². The molecule has 3 nitrogen and oxygen atoms in total. The van der Waals surface area contributed by atoms with Crippen LogP contribution in [0.3, 0.4) is 0 Å². The summed E-state index contributed by atoms with van der Waals surface area (Å²) in [6, 6.07) is 0. The van der Waals surface area contributed by atoms with E-state index in [0.29, 0.717) is 19.6 Å². The van der Waals surface area contributed by atoms with Crippen LogP contribution in [-0.4, -0.2) is 42.8 Å². The number of halogens is 3. The summed E-state index contributed by atoms with van der Waals surface area (Å²) < 4.78 is 41.2. The highest BCUT2D eigenvalue weighted by molar-refractivity contribution is 5.76. The van der Waals surface area contributed by atoms with Crippen LogP contribution >= 0.6 is 0 Å². The van der Waals surface area contributed by atoms with Gasteiger partial charge in [0, 0.05) is 19.7 Å². The number of hydrogen-bond donors (Lipinski definition) is 0. The van der Waals surface area contributed by atoms with E-state index in [1.807, 2.05) is 0 Å². The maximum atomic E-state index is 12.0. The first kappa shape index (κ1) is 12.3. The molecule has 1 rings (SSSR count). The second kappa shape index (κ2) is 4.83. The quantitative estimate of drug-likeness (QED) is 0.678. The Morgan fingerprint density at radius 3 is 2.80 bits per heavy atom. The minimum Gasteiger partial charge on any atom is -0.377 e. The lowest BCUT2D eigenvalue weighted by atomic mass is 10.3. The lowest BCUT2D eigenvalue weighted by Crippen LogP contribution is -2.38. The highest BCUT2D eigenvalue weighted by Gasteiger charge is 2.34. The SMILES string of the molecule is CC1CN(C(=O)CC(F)(F)F)CCCO1. The van der Waals surface area contributed by atoms with Crippen molar-refractivity contribution in [3.63, 3.8) is 0 Å². The Balaban J connectivity index is 2.50. The molecule has 0 aliphatic carbocycles. The van der Waals surface area contributed by atoms with Crippen molar-refractivity contribution < 1.29 is 22.7 Å². The predicted molar refractivity (Wildman–Crippen MR) is 47.3 cm³/mol. The van der Waals surface area contributed by atoms with E-state index >= 15 is 0 Å². The van der Waals surface area contributed by atoms with Gasteiger partial charge in [-0.2, -0.15) is 13.2 Å². The number of alkyl halides is 3. The average molecular weight is 225 g/mol. The molecule has 1 unspecified atom stereocenters. The highest BCUT2D eigenvalue weighted by Crippen LogP contribution is 2.21. The van der Waals surface area contributed by atoms with E-state index in [-0.39, 0.29) is 12.6 Å². The van der Waals surface area contributed by atoms with Crippen LogP contribution in [0.4, 0.5) is 13.2 Å². The molecule has 0 radical (unpaired) electrons. The first-order valence-electron chi connectivity index (χ1n) is 4.84. The van der Waals surface area contributed by atoms with E-state index in [4.69, 9.17) is 4.74 Å². The van der Waals surface area contributed by atoms with E-state index in [9.17, 15) is 18.0 Å². The van der Waals surface area contributed by atoms with Gasteiger partial charge in [-0.15, -0.1) is 0 Å². The molecule has 1 saturated heterocycles. The monoisotopic (exact) mass is 225 g/mol. The van der Waals surface area contributed by atoms with E-state index < -0.39 is 18.5 Å². The molecule has 0 bridgehead atoms. The summed E-state index contributed by atoms with van der Waals surface area (Å²) in [6.07, 6.45) is -5.40. The molecular formula is C9H14F3NO2. The van der Waals surface area contributed by atoms with E-state index in [1.165, 1.54) is 4.90 Å². The molecule has 1 aliphatic rings. The summed E-state index contributed by atoms with van der Waals surface area (Å²) in [4.78, 5) is 12.5. The number of rotatable bonds is 1. The van der Waals surface area contributed by atoms with Crippen LogP contribution < -0.4 is 0 Å². The first-order valence-corrected chi connectivity index (χ1v) is 4.84. The van der Waals surface area contributed by atoms with Crippen molar-refractivity contribution in [2.45, 2.75) is 32.0 Å². The van der Waals surface area contributed by atoms with Gasteiger partial charge in [-0.1, -0.05) is 0 Å². The molecule has 1 atom stereocenters. The number of carbonyl (C=O) groups is 1. The van der Waals surface area contributed by atoms with E-state index in [1.54, 1.807) is 6.92 Å². The predicted octanol–water partition coefficient (Wildman–Crippen LogP) is 1.58. The van der Waals surface area contributed by atoms with Gasteiger partial charge in [0.05, 0.1) is 6.10 Å². The molecule has 1 heterocycles. The van der Waals surface area contributed by atoms with Gasteiger partial charge in [0.1, 0.15) is 6.42 Å². The van der Waals surface area contributed by atoms with Crippen LogP contribution in [0.1, 0.15) is 19.8 Å². The molecule has 0 aromatic carbocycles. The molecule has 15 heavy (non-hydrogen) atoms. The van der Waals surface area contributed by atoms with Crippen LogP contribution in [0, 0.1) is 0 Å². The zero-order chi connectivity index (χ0) is 11.5. The van der Waals surface area contributed by atoms with Crippen molar-refractivity contribution in [1.82, 2.24) is 4.90 Å². The largest absolute Gasteiger partial charge is 0.397 e. The topological polar surface area (TPSA) is 29.5 Å². The Hall–Kier alpha value is -0.780. The molecule has 1 fully saturated rings. The van der Waals surface area contributed by atoms with Crippen molar-refractivity contribution in [1.29, 1.82) is 0 Å². The number of nitrogens with zero attached hydrogens (tertiary/aromatic N) is 1. The van der Waals surface area contributed by atoms with Gasteiger partial charge in [0.15, 0.2) is 0 Å². The average Bonchev–Trinajstić information content (AvgIpc) is 2.26. The Kier molecular flexibility index (Phi) is 3.96. The van der Waals surface area contributed by atoms with E-state index in [2.05, 4.69) is 0 Å². The Labute approximate surface area is 86.2 Å². The van der Waals surface area contributed by atoms with Crippen molar-refractivity contribution in [3.8, 4) is 0 Å². The smallest absolute Gasteiger partial charge is 0.377 e. The zero-order valence-corrected chi connectivity index (χ0v) is 8.51. The Morgan fingerprint density at radius 1 is 1.53 bits per heavy atom. The molecule has 0 aromatic rings. The number of ether oxygens (including phenoxy) is 1. The fourth-order valence-electron chi connectivity index (χ4n) is 1.50. The maximum Gasteiger partial charge on any atom is 0.397 e.